The van der Waals surface area contributed by atoms with Crippen LogP contribution in [0.3, 0.4) is 0 Å². The van der Waals surface area contributed by atoms with Crippen LogP contribution in [0.2, 0.25) is 0 Å². The maximum absolute atomic E-state index is 9.00. The van der Waals surface area contributed by atoms with E-state index in [-0.39, 0.29) is 0 Å². The third-order valence-corrected chi connectivity index (χ3v) is 2.43. The Morgan fingerprint density at radius 2 is 2.25 bits per heavy atom. The number of aliphatic carboxylic acids is 1. The molecule has 0 amide bonds. The van der Waals surface area contributed by atoms with Gasteiger partial charge in [-0.25, -0.2) is 0 Å². The third kappa shape index (κ3) is 5.21. The van der Waals surface area contributed by atoms with Crippen molar-refractivity contribution in [3.8, 4) is 0 Å². The SMILES string of the molecule is CC(=O)O.c1csc(Cc2cnccn2)c1. The number of carboxylic acid groups (broad SMARTS) is 1. The highest BCUT2D eigenvalue weighted by Gasteiger charge is 1.96. The summed E-state index contributed by atoms with van der Waals surface area (Å²) in [5.41, 5.74) is 1.03. The molecule has 4 nitrogen and oxygen atoms in total. The van der Waals surface area contributed by atoms with Crippen LogP contribution >= 0.6 is 11.3 Å². The number of nitrogens with zero attached hydrogens (tertiary/aromatic N) is 2. The van der Waals surface area contributed by atoms with Gasteiger partial charge in [-0.2, -0.15) is 0 Å². The Bertz CT molecular complexity index is 411. The molecule has 84 valence electrons. The average Bonchev–Trinajstić information content (AvgIpc) is 2.71. The first-order chi connectivity index (χ1) is 7.68. The monoisotopic (exact) mass is 236 g/mol. The molecule has 2 aromatic rings. The highest BCUT2D eigenvalue weighted by atomic mass is 32.1. The van der Waals surface area contributed by atoms with Gasteiger partial charge in [0.2, 0.25) is 0 Å². The van der Waals surface area contributed by atoms with E-state index in [2.05, 4.69) is 27.5 Å². The van der Waals surface area contributed by atoms with Crippen LogP contribution in [0.4, 0.5) is 0 Å². The molecule has 0 aliphatic carbocycles. The van der Waals surface area contributed by atoms with Crippen LogP contribution in [-0.2, 0) is 11.2 Å². The van der Waals surface area contributed by atoms with E-state index in [1.807, 2.05) is 0 Å². The summed E-state index contributed by atoms with van der Waals surface area (Å²) in [6.07, 6.45) is 6.12. The minimum absolute atomic E-state index is 0.833. The minimum Gasteiger partial charge on any atom is -0.481 e. The van der Waals surface area contributed by atoms with Crippen LogP contribution in [0.25, 0.3) is 0 Å². The highest BCUT2D eigenvalue weighted by Crippen LogP contribution is 2.12. The van der Waals surface area contributed by atoms with Crippen molar-refractivity contribution >= 4 is 17.3 Å². The number of thiophene rings is 1. The van der Waals surface area contributed by atoms with Gasteiger partial charge >= 0.3 is 0 Å². The van der Waals surface area contributed by atoms with Gasteiger partial charge in [0.25, 0.3) is 5.97 Å². The summed E-state index contributed by atoms with van der Waals surface area (Å²) in [6, 6.07) is 4.16. The van der Waals surface area contributed by atoms with Crippen LogP contribution in [0.5, 0.6) is 0 Å². The van der Waals surface area contributed by atoms with E-state index in [9.17, 15) is 0 Å². The van der Waals surface area contributed by atoms with E-state index in [0.29, 0.717) is 0 Å². The second kappa shape index (κ2) is 6.68. The molecule has 0 spiro atoms. The van der Waals surface area contributed by atoms with Gasteiger partial charge in [-0.3, -0.25) is 14.8 Å². The standard InChI is InChI=1S/C9H8N2S.C2H4O2/c1-2-9(12-5-1)6-8-7-10-3-4-11-8;1-2(3)4/h1-5,7H,6H2;1H3,(H,3,4). The molecule has 0 saturated heterocycles. The first kappa shape index (κ1) is 12.3. The van der Waals surface area contributed by atoms with E-state index >= 15 is 0 Å². The Hall–Kier alpha value is -1.75. The molecule has 0 atom stereocenters. The molecule has 0 unspecified atom stereocenters. The van der Waals surface area contributed by atoms with Crippen LogP contribution in [-0.4, -0.2) is 21.0 Å². The number of hydrogen-bond donors (Lipinski definition) is 1. The molecule has 0 radical (unpaired) electrons. The number of carboxylic acids is 1. The zero-order chi connectivity index (χ0) is 11.8. The quantitative estimate of drug-likeness (QED) is 0.868. The Kier molecular flexibility index (Phi) is 5.15. The predicted molar refractivity (Wildman–Crippen MR) is 62.5 cm³/mol. The van der Waals surface area contributed by atoms with Gasteiger partial charge in [-0.05, 0) is 11.4 Å². The Morgan fingerprint density at radius 3 is 2.75 bits per heavy atom. The van der Waals surface area contributed by atoms with Crippen LogP contribution in [0.15, 0.2) is 36.1 Å². The molecule has 1 N–H and O–H groups in total. The van der Waals surface area contributed by atoms with Crippen molar-refractivity contribution in [1.82, 2.24) is 9.97 Å². The maximum Gasteiger partial charge on any atom is 0.300 e. The number of hydrogen-bond acceptors (Lipinski definition) is 4. The summed E-state index contributed by atoms with van der Waals surface area (Å²) >= 11 is 1.75. The van der Waals surface area contributed by atoms with Crippen LogP contribution in [0, 0.1) is 0 Å². The first-order valence-corrected chi connectivity index (χ1v) is 5.53. The molecule has 0 bridgehead atoms. The van der Waals surface area contributed by atoms with Crippen molar-refractivity contribution in [3.63, 3.8) is 0 Å². The van der Waals surface area contributed by atoms with E-state index in [4.69, 9.17) is 9.90 Å². The fraction of sp³-hybridized carbons (Fsp3) is 0.182. The van der Waals surface area contributed by atoms with Crippen LogP contribution in [0.1, 0.15) is 17.5 Å². The molecule has 0 fully saturated rings. The van der Waals surface area contributed by atoms with E-state index in [1.165, 1.54) is 4.88 Å². The number of carbonyl (C=O) groups is 1. The fourth-order valence-corrected chi connectivity index (χ4v) is 1.73. The van der Waals surface area contributed by atoms with Crippen molar-refractivity contribution in [2.75, 3.05) is 0 Å². The van der Waals surface area contributed by atoms with Gasteiger partial charge < -0.3 is 5.11 Å². The van der Waals surface area contributed by atoms with E-state index in [0.717, 1.165) is 19.0 Å². The summed E-state index contributed by atoms with van der Waals surface area (Å²) in [7, 11) is 0. The van der Waals surface area contributed by atoms with Crippen molar-refractivity contribution in [2.45, 2.75) is 13.3 Å². The predicted octanol–water partition coefficient (Wildman–Crippen LogP) is 2.22. The molecule has 2 heterocycles. The zero-order valence-electron chi connectivity index (χ0n) is 8.83. The molecule has 0 saturated carbocycles. The van der Waals surface area contributed by atoms with Crippen molar-refractivity contribution in [3.05, 3.63) is 46.7 Å². The molecule has 0 aliphatic rings. The van der Waals surface area contributed by atoms with Crippen molar-refractivity contribution in [1.29, 1.82) is 0 Å². The first-order valence-electron chi connectivity index (χ1n) is 4.65. The Balaban J connectivity index is 0.000000280. The summed E-state index contributed by atoms with van der Waals surface area (Å²) < 4.78 is 0. The summed E-state index contributed by atoms with van der Waals surface area (Å²) in [5.74, 6) is -0.833. The second-order valence-electron chi connectivity index (χ2n) is 2.97. The summed E-state index contributed by atoms with van der Waals surface area (Å²) in [6.45, 7) is 1.08. The van der Waals surface area contributed by atoms with Crippen molar-refractivity contribution < 1.29 is 9.90 Å². The largest absolute Gasteiger partial charge is 0.481 e. The molecule has 0 aliphatic heterocycles. The summed E-state index contributed by atoms with van der Waals surface area (Å²) in [5, 5.41) is 9.49. The van der Waals surface area contributed by atoms with Gasteiger partial charge in [0.05, 0.1) is 5.69 Å². The average molecular weight is 236 g/mol. The topological polar surface area (TPSA) is 63.1 Å². The van der Waals surface area contributed by atoms with Crippen molar-refractivity contribution in [2.24, 2.45) is 0 Å². The Morgan fingerprint density at radius 1 is 1.50 bits per heavy atom. The van der Waals surface area contributed by atoms with Gasteiger partial charge in [-0.1, -0.05) is 6.07 Å². The van der Waals surface area contributed by atoms with Gasteiger partial charge in [0, 0.05) is 36.8 Å². The lowest BCUT2D eigenvalue weighted by atomic mass is 10.3. The molecular weight excluding hydrogens is 224 g/mol. The van der Waals surface area contributed by atoms with E-state index < -0.39 is 5.97 Å². The fourth-order valence-electron chi connectivity index (χ4n) is 1.01. The molecule has 2 aromatic heterocycles. The summed E-state index contributed by atoms with van der Waals surface area (Å²) in [4.78, 5) is 18.5. The normalized spacial score (nSPS) is 9.06. The van der Waals surface area contributed by atoms with Gasteiger partial charge in [-0.15, -0.1) is 11.3 Å². The molecule has 2 rings (SSSR count). The second-order valence-corrected chi connectivity index (χ2v) is 4.00. The van der Waals surface area contributed by atoms with E-state index in [1.54, 1.807) is 29.9 Å². The van der Waals surface area contributed by atoms with Gasteiger partial charge in [0.1, 0.15) is 0 Å². The molecule has 0 aromatic carbocycles. The zero-order valence-corrected chi connectivity index (χ0v) is 9.65. The van der Waals surface area contributed by atoms with Crippen LogP contribution < -0.4 is 0 Å². The third-order valence-electron chi connectivity index (χ3n) is 1.55. The number of rotatable bonds is 2. The number of aromatic nitrogens is 2. The lowest BCUT2D eigenvalue weighted by Gasteiger charge is -1.94. The molecule has 5 heteroatoms. The minimum atomic E-state index is -0.833. The molecule has 16 heavy (non-hydrogen) atoms. The Labute approximate surface area is 97.6 Å². The highest BCUT2D eigenvalue weighted by molar-refractivity contribution is 7.09. The maximum atomic E-state index is 9.00. The smallest absolute Gasteiger partial charge is 0.300 e. The lowest BCUT2D eigenvalue weighted by Crippen LogP contribution is -1.89. The lowest BCUT2D eigenvalue weighted by molar-refractivity contribution is -0.134. The molecular formula is C11H12N2O2S. The van der Waals surface area contributed by atoms with Gasteiger partial charge in [0.15, 0.2) is 0 Å².